The van der Waals surface area contributed by atoms with Crippen molar-refractivity contribution in [3.63, 3.8) is 0 Å². The molecule has 0 aliphatic carbocycles. The van der Waals surface area contributed by atoms with Crippen molar-refractivity contribution in [1.82, 2.24) is 0 Å². The van der Waals surface area contributed by atoms with E-state index in [-0.39, 0.29) is 742 Å². The molecule has 0 N–H and O–H groups in total. The molecule has 0 bridgehead atoms. The molecule has 800 valence electrons. The molecule has 0 aliphatic rings. The van der Waals surface area contributed by atoms with Crippen LogP contribution in [-0.4, -0.2) is 0 Å². The molecule has 0 aromatic heterocycles. The van der Waals surface area contributed by atoms with Crippen molar-refractivity contribution in [2.45, 2.75) is 0 Å². The summed E-state index contributed by atoms with van der Waals surface area (Å²) in [5, 5.41) is 0. The Kier molecular flexibility index (Phi) is 685000000. The minimum Gasteiger partial charge on any atom is -2.00 e. The molecule has 0 rings (SSSR count). The van der Waals surface area contributed by atoms with E-state index in [9.17, 15) is 0 Å². The van der Waals surface area contributed by atoms with Gasteiger partial charge in [-0.15, -0.1) is 0 Å². The number of hydrogen-bond donors (Lipinski definition) is 0. The van der Waals surface area contributed by atoms with Gasteiger partial charge in [0.15, 0.2) is 0 Å². The molecule has 0 aromatic rings. The summed E-state index contributed by atoms with van der Waals surface area (Å²) in [4.78, 5) is 0. The second-order valence-corrected chi connectivity index (χ2v) is 0. The molecule has 0 aromatic carbocycles. The number of rotatable bonds is 0. The van der Waals surface area contributed by atoms with Crippen LogP contribution >= 0.6 is 0 Å². The maximum absolute atomic E-state index is 0. The van der Waals surface area contributed by atoms with Gasteiger partial charge in [-0.05, 0) is 0 Å². The van der Waals surface area contributed by atoms with Crippen LogP contribution in [0, 0.1) is 0 Å². The van der Waals surface area contributed by atoms with E-state index >= 15 is 0 Å². The van der Waals surface area contributed by atoms with E-state index in [2.05, 4.69) is 0 Å². The fourth-order valence-corrected chi connectivity index (χ4v) is 0. The first-order valence-electron chi connectivity index (χ1n) is 0. The van der Waals surface area contributed by atoms with Gasteiger partial charge in [0.05, 0.1) is 0 Å². The maximum atomic E-state index is 0. The van der Waals surface area contributed by atoms with Crippen LogP contribution < -0.4 is 0 Å². The van der Waals surface area contributed by atoms with Gasteiger partial charge in [0, 0.05) is 0 Å². The van der Waals surface area contributed by atoms with Crippen molar-refractivity contribution < 1.29 is 742 Å². The minimum atomic E-state index is 0. The van der Waals surface area contributed by atoms with Gasteiger partial charge in [-0.25, -0.2) is 0 Å². The van der Waals surface area contributed by atoms with Gasteiger partial charge in [-0.3, -0.25) is 0 Å². The molecule has 0 fully saturated rings. The molecule has 100 nitrogen and oxygen atoms in total. The molecule has 110 heavy (non-hydrogen) atoms. The third kappa shape index (κ3) is 264000. The Hall–Kier alpha value is 2.23. The van der Waals surface area contributed by atoms with Crippen molar-refractivity contribution in [2.24, 2.45) is 0 Å². The minimum absolute atomic E-state index is 0. The summed E-state index contributed by atoms with van der Waals surface area (Å²) in [6.07, 6.45) is 0. The quantitative estimate of drug-likeness (QED) is 0.204. The molecule has 0 saturated carbocycles. The van der Waals surface area contributed by atoms with Gasteiger partial charge in [0.1, 0.15) is 0 Å². The fourth-order valence-electron chi connectivity index (χ4n) is 0. The maximum Gasteiger partial charge on any atom is 2.00 e. The molecule has 0 aliphatic heterocycles. The van der Waals surface area contributed by atoms with Gasteiger partial charge in [-0.1, -0.05) is 0 Å². The van der Waals surface area contributed by atoms with Crippen LogP contribution in [0.1, 0.15) is 0 Å². The molecule has 0 saturated heterocycles. The van der Waals surface area contributed by atoms with Gasteiger partial charge >= 0.3 is 195 Å². The van der Waals surface area contributed by atoms with Gasteiger partial charge in [0.25, 0.3) is 0 Å². The van der Waals surface area contributed by atoms with Gasteiger partial charge < -0.3 is 548 Å². The molecule has 0 radical (unpaired) electrons. The van der Waals surface area contributed by atoms with Crippen LogP contribution in [-0.2, 0) is 742 Å². The monoisotopic (exact) mass is 2240 g/mol. The first-order valence-corrected chi connectivity index (χ1v) is 0. The molecular weight excluding hydrogens is 2250 g/mol. The summed E-state index contributed by atoms with van der Waals surface area (Å²) in [5.41, 5.74) is 0. The summed E-state index contributed by atoms with van der Waals surface area (Å²) in [5.74, 6) is 0. The zero-order chi connectivity index (χ0) is 0. The van der Waals surface area contributed by atoms with E-state index in [1.54, 1.807) is 0 Å². The summed E-state index contributed by atoms with van der Waals surface area (Å²) in [7, 11) is 0. The van der Waals surface area contributed by atoms with Gasteiger partial charge in [-0.2, -0.15) is 0 Å². The second-order valence-electron chi connectivity index (χ2n) is 0. The molecule has 0 atom stereocenters. The smallest absolute Gasteiger partial charge is 2.00 e. The van der Waals surface area contributed by atoms with Crippen LogP contribution in [0.25, 0.3) is 0 Å². The molecule has 0 amide bonds. The second kappa shape index (κ2) is 271000. The zero-order valence-corrected chi connectivity index (χ0v) is 77.6. The van der Waals surface area contributed by atoms with E-state index in [0.29, 0.717) is 0 Å². The summed E-state index contributed by atoms with van der Waals surface area (Å²) in [6, 6.07) is 0. The van der Waals surface area contributed by atoms with Crippen LogP contribution in [0.2, 0.25) is 0 Å². The van der Waals surface area contributed by atoms with E-state index < -0.39 is 0 Å². The Morgan fingerprint density at radius 2 is 0.0182 bits per heavy atom. The summed E-state index contributed by atoms with van der Waals surface area (Å²) in [6.45, 7) is 0. The first-order chi connectivity index (χ1) is 0. The predicted molar refractivity (Wildman–Crippen MR) is 68.7 cm³/mol. The molecule has 110 heteroatoms. The van der Waals surface area contributed by atoms with Crippen molar-refractivity contribution in [1.29, 1.82) is 0 Å². The van der Waals surface area contributed by atoms with E-state index in [1.807, 2.05) is 0 Å². The van der Waals surface area contributed by atoms with E-state index in [4.69, 9.17) is 0 Å². The standard InChI is InChI=1S/100O.10Zn/q100*-2;10*+2. The Morgan fingerprint density at radius 3 is 0.0182 bits per heavy atom. The third-order valence-corrected chi connectivity index (χ3v) is 0. The van der Waals surface area contributed by atoms with Crippen molar-refractivity contribution in [3.8, 4) is 0 Å². The molecule has 0 heterocycles. The summed E-state index contributed by atoms with van der Waals surface area (Å²) < 4.78 is 0. The SMILES string of the molecule is [O-2].[O-2].[O-2].[O-2].[O-2].[O-2].[O-2].[O-2].[O-2].[O-2].[O-2].[O-2].[O-2].[O-2].[O-2].[O-2].[O-2].[O-2].[O-2].[O-2].[O-2].[O-2].[O-2].[O-2].[O-2].[O-2].[O-2].[O-2].[O-2].[O-2].[O-2].[O-2].[O-2].[O-2].[O-2].[O-2].[O-2].[O-2].[O-2].[O-2].[O-2].[O-2].[O-2].[O-2].[O-2].[O-2].[O-2].[O-2].[O-2].[O-2].[O-2].[O-2].[O-2].[O-2].[O-2].[O-2].[O-2].[O-2].[O-2].[O-2].[O-2].[O-2].[O-2].[O-2].[O-2].[O-2].[O-2].[O-2].[O-2].[O-2].[O-2].[O-2].[O-2].[O-2].[O-2].[O-2].[O-2].[O-2].[O-2].[O-2].[O-2].[O-2].[O-2].[O-2].[O-2].[O-2].[O-2].[O-2].[O-2].[O-2].[O-2].[O-2].[O-2].[O-2].[O-2].[O-2].[O-2].[O-2].[O-2].[O-2].[Zn+2].[Zn+2].[Zn+2].[Zn+2].[Zn+2].[Zn+2].[Zn+2].[Zn+2].[Zn+2].[Zn+2]. The molecular formula is O100Zn10-180. The first kappa shape index (κ1) is 278000. The largest absolute Gasteiger partial charge is 2.00 e. The Bertz CT molecular complexity index is 48.3. The Labute approximate surface area is 738 Å². The normalized spacial score (nSPS) is 0. The van der Waals surface area contributed by atoms with Crippen molar-refractivity contribution in [3.05, 3.63) is 0 Å². The Balaban J connectivity index is 0. The average molecular weight is 2250 g/mol. The molecule has 0 spiro atoms. The van der Waals surface area contributed by atoms with Crippen LogP contribution in [0.3, 0.4) is 0 Å². The van der Waals surface area contributed by atoms with Crippen LogP contribution in [0.5, 0.6) is 0 Å². The average Bonchev–Trinajstić information content (AvgIpc) is 0. The number of hydrogen-bond acceptors (Lipinski definition) is 0. The molecule has 0 unspecified atom stereocenters. The van der Waals surface area contributed by atoms with Crippen molar-refractivity contribution in [2.75, 3.05) is 0 Å². The van der Waals surface area contributed by atoms with Crippen molar-refractivity contribution >= 4 is 0 Å². The fraction of sp³-hybridized carbons (Fsp3) is 0. The summed E-state index contributed by atoms with van der Waals surface area (Å²) >= 11 is 0. The van der Waals surface area contributed by atoms with Crippen LogP contribution in [0.4, 0.5) is 0 Å². The third-order valence-electron chi connectivity index (χ3n) is 0. The Morgan fingerprint density at radius 1 is 0.0182 bits per heavy atom. The van der Waals surface area contributed by atoms with E-state index in [0.717, 1.165) is 0 Å². The van der Waals surface area contributed by atoms with E-state index in [1.165, 1.54) is 0 Å². The van der Waals surface area contributed by atoms with Gasteiger partial charge in [0.2, 0.25) is 0 Å². The van der Waals surface area contributed by atoms with Crippen LogP contribution in [0.15, 0.2) is 0 Å². The zero-order valence-electron chi connectivity index (χ0n) is 47.9. The predicted octanol–water partition coefficient (Wildman–Crippen LogP) is -11.9. The topological polar surface area (TPSA) is 2850 Å².